The van der Waals surface area contributed by atoms with E-state index in [-0.39, 0.29) is 17.7 Å². The fourth-order valence-electron chi connectivity index (χ4n) is 2.13. The molecule has 1 aromatic carbocycles. The summed E-state index contributed by atoms with van der Waals surface area (Å²) in [7, 11) is 1.27. The molecule has 6 nitrogen and oxygen atoms in total. The van der Waals surface area contributed by atoms with E-state index in [2.05, 4.69) is 10.1 Å². The molecule has 0 bridgehead atoms. The lowest BCUT2D eigenvalue weighted by Gasteiger charge is -2.28. The molecule has 0 fully saturated rings. The summed E-state index contributed by atoms with van der Waals surface area (Å²) in [4.78, 5) is 23.8. The van der Waals surface area contributed by atoms with Gasteiger partial charge >= 0.3 is 5.97 Å². The first kappa shape index (κ1) is 16.0. The fraction of sp³-hybridized carbons (Fsp3) is 0.375. The van der Waals surface area contributed by atoms with Gasteiger partial charge in [0, 0.05) is 18.6 Å². The van der Waals surface area contributed by atoms with E-state index < -0.39 is 12.3 Å². The molecule has 1 N–H and O–H groups in total. The number of hydrogen-bond donors (Lipinski definition) is 1. The molecule has 1 amide bonds. The van der Waals surface area contributed by atoms with Crippen molar-refractivity contribution in [1.82, 2.24) is 5.32 Å². The van der Waals surface area contributed by atoms with Crippen LogP contribution >= 0.6 is 0 Å². The number of carbonyl (C=O) groups is 2. The predicted molar refractivity (Wildman–Crippen MR) is 78.9 cm³/mol. The summed E-state index contributed by atoms with van der Waals surface area (Å²) in [5.74, 6) is -0.767. The van der Waals surface area contributed by atoms with Crippen molar-refractivity contribution < 1.29 is 23.8 Å². The average molecular weight is 305 g/mol. The number of esters is 1. The molecule has 1 aliphatic rings. The van der Waals surface area contributed by atoms with E-state index in [0.717, 1.165) is 0 Å². The molecule has 1 heterocycles. The predicted octanol–water partition coefficient (Wildman–Crippen LogP) is 1.62. The van der Waals surface area contributed by atoms with Gasteiger partial charge in [0.25, 0.3) is 5.91 Å². The molecule has 0 aromatic heterocycles. The molecular formula is C16H19NO5. The van der Waals surface area contributed by atoms with E-state index in [9.17, 15) is 9.59 Å². The molecule has 118 valence electrons. The van der Waals surface area contributed by atoms with Crippen molar-refractivity contribution in [2.45, 2.75) is 25.7 Å². The average Bonchev–Trinajstić information content (AvgIpc) is 2.55. The maximum absolute atomic E-state index is 12.2. The molecule has 0 spiro atoms. The van der Waals surface area contributed by atoms with Gasteiger partial charge in [-0.3, -0.25) is 4.79 Å². The van der Waals surface area contributed by atoms with Crippen molar-refractivity contribution >= 4 is 11.9 Å². The van der Waals surface area contributed by atoms with Crippen LogP contribution in [0.25, 0.3) is 0 Å². The van der Waals surface area contributed by atoms with E-state index in [1.54, 1.807) is 30.3 Å². The highest BCUT2D eigenvalue weighted by atomic mass is 16.7. The highest BCUT2D eigenvalue weighted by Crippen LogP contribution is 2.20. The normalized spacial score (nSPS) is 20.5. The standard InChI is InChI=1S/C16H19NO5/c1-3-21-14-10-12(9-13(22-14)16(19)20-2)17-15(18)11-7-5-4-6-8-11/h4-9,12,14H,3,10H2,1-2H3,(H,17,18)/t12-,14-/m1/s1. The zero-order chi connectivity index (χ0) is 15.9. The zero-order valence-electron chi connectivity index (χ0n) is 12.6. The summed E-state index contributed by atoms with van der Waals surface area (Å²) < 4.78 is 15.5. The third-order valence-corrected chi connectivity index (χ3v) is 3.15. The third kappa shape index (κ3) is 4.08. The minimum Gasteiger partial charge on any atom is -0.463 e. The SMILES string of the molecule is CCO[C@H]1C[C@H](NC(=O)c2ccccc2)C=C(C(=O)OC)O1. The van der Waals surface area contributed by atoms with Crippen molar-refractivity contribution in [3.05, 3.63) is 47.7 Å². The van der Waals surface area contributed by atoms with Crippen molar-refractivity contribution in [3.8, 4) is 0 Å². The molecule has 22 heavy (non-hydrogen) atoms. The van der Waals surface area contributed by atoms with Gasteiger partial charge in [-0.05, 0) is 25.1 Å². The number of hydrogen-bond acceptors (Lipinski definition) is 5. The van der Waals surface area contributed by atoms with Crippen LogP contribution in [0.5, 0.6) is 0 Å². The second-order valence-electron chi connectivity index (χ2n) is 4.71. The molecule has 2 atom stereocenters. The first-order valence-corrected chi connectivity index (χ1v) is 7.08. The number of nitrogens with one attached hydrogen (secondary N) is 1. The quantitative estimate of drug-likeness (QED) is 0.837. The van der Waals surface area contributed by atoms with Crippen molar-refractivity contribution in [3.63, 3.8) is 0 Å². The van der Waals surface area contributed by atoms with Crippen LogP contribution in [-0.2, 0) is 19.0 Å². The number of methoxy groups -OCH3 is 1. The maximum atomic E-state index is 12.2. The van der Waals surface area contributed by atoms with Gasteiger partial charge < -0.3 is 19.5 Å². The van der Waals surface area contributed by atoms with Gasteiger partial charge in [0.1, 0.15) is 0 Å². The molecule has 6 heteroatoms. The van der Waals surface area contributed by atoms with Gasteiger partial charge in [0.2, 0.25) is 12.0 Å². The Morgan fingerprint density at radius 2 is 2.05 bits per heavy atom. The molecule has 0 unspecified atom stereocenters. The van der Waals surface area contributed by atoms with Crippen LogP contribution in [0.2, 0.25) is 0 Å². The molecule has 1 aromatic rings. The van der Waals surface area contributed by atoms with Gasteiger partial charge in [0.05, 0.1) is 13.2 Å². The smallest absolute Gasteiger partial charge is 0.373 e. The van der Waals surface area contributed by atoms with Gasteiger partial charge in [-0.25, -0.2) is 4.79 Å². The molecule has 0 radical (unpaired) electrons. The second-order valence-corrected chi connectivity index (χ2v) is 4.71. The first-order chi connectivity index (χ1) is 10.6. The molecule has 1 aliphatic heterocycles. The van der Waals surface area contributed by atoms with E-state index >= 15 is 0 Å². The van der Waals surface area contributed by atoms with Crippen molar-refractivity contribution in [2.24, 2.45) is 0 Å². The van der Waals surface area contributed by atoms with Crippen LogP contribution in [0.1, 0.15) is 23.7 Å². The van der Waals surface area contributed by atoms with Crippen LogP contribution < -0.4 is 5.32 Å². The fourth-order valence-corrected chi connectivity index (χ4v) is 2.13. The lowest BCUT2D eigenvalue weighted by Crippen LogP contribution is -2.41. The number of rotatable bonds is 5. The van der Waals surface area contributed by atoms with Gasteiger partial charge in [0.15, 0.2) is 0 Å². The monoisotopic (exact) mass is 305 g/mol. The van der Waals surface area contributed by atoms with Crippen molar-refractivity contribution in [1.29, 1.82) is 0 Å². The molecule has 2 rings (SSSR count). The zero-order valence-corrected chi connectivity index (χ0v) is 12.6. The molecule has 0 saturated carbocycles. The Bertz CT molecular complexity index is 555. The summed E-state index contributed by atoms with van der Waals surface area (Å²) in [6.07, 6.45) is 1.37. The minimum absolute atomic E-state index is 0.0468. The maximum Gasteiger partial charge on any atom is 0.373 e. The van der Waals surface area contributed by atoms with Crippen LogP contribution in [0.15, 0.2) is 42.2 Å². The largest absolute Gasteiger partial charge is 0.463 e. The van der Waals surface area contributed by atoms with E-state index in [1.165, 1.54) is 7.11 Å². The van der Waals surface area contributed by atoms with Crippen LogP contribution in [-0.4, -0.2) is 37.9 Å². The number of carbonyl (C=O) groups excluding carboxylic acids is 2. The van der Waals surface area contributed by atoms with Crippen LogP contribution in [0.4, 0.5) is 0 Å². The summed E-state index contributed by atoms with van der Waals surface area (Å²) in [5.41, 5.74) is 0.551. The second kappa shape index (κ2) is 7.61. The van der Waals surface area contributed by atoms with Crippen LogP contribution in [0.3, 0.4) is 0 Å². The Hall–Kier alpha value is -2.34. The van der Waals surface area contributed by atoms with E-state index in [0.29, 0.717) is 18.6 Å². The minimum atomic E-state index is -0.594. The number of benzene rings is 1. The number of ether oxygens (including phenoxy) is 3. The van der Waals surface area contributed by atoms with E-state index in [1.807, 2.05) is 13.0 Å². The summed E-state index contributed by atoms with van der Waals surface area (Å²) in [6.45, 7) is 2.27. The first-order valence-electron chi connectivity index (χ1n) is 7.08. The Balaban J connectivity index is 2.10. The number of amides is 1. The Morgan fingerprint density at radius 1 is 1.32 bits per heavy atom. The van der Waals surface area contributed by atoms with Crippen LogP contribution in [0, 0.1) is 0 Å². The summed E-state index contributed by atoms with van der Waals surface area (Å²) in [6, 6.07) is 8.49. The van der Waals surface area contributed by atoms with Gasteiger partial charge in [-0.1, -0.05) is 18.2 Å². The molecule has 0 saturated heterocycles. The third-order valence-electron chi connectivity index (χ3n) is 3.15. The Morgan fingerprint density at radius 3 is 2.68 bits per heavy atom. The van der Waals surface area contributed by atoms with E-state index in [4.69, 9.17) is 9.47 Å². The molecular weight excluding hydrogens is 286 g/mol. The van der Waals surface area contributed by atoms with Crippen molar-refractivity contribution in [2.75, 3.05) is 13.7 Å². The van der Waals surface area contributed by atoms with Gasteiger partial charge in [-0.15, -0.1) is 0 Å². The molecule has 0 aliphatic carbocycles. The highest BCUT2D eigenvalue weighted by Gasteiger charge is 2.29. The lowest BCUT2D eigenvalue weighted by molar-refractivity contribution is -0.158. The Labute approximate surface area is 129 Å². The topological polar surface area (TPSA) is 73.9 Å². The summed E-state index contributed by atoms with van der Waals surface area (Å²) >= 11 is 0. The Kier molecular flexibility index (Phi) is 5.55. The lowest BCUT2D eigenvalue weighted by atomic mass is 10.1. The summed E-state index contributed by atoms with van der Waals surface area (Å²) in [5, 5.41) is 2.85. The highest BCUT2D eigenvalue weighted by molar-refractivity contribution is 5.94. The van der Waals surface area contributed by atoms with Gasteiger partial charge in [-0.2, -0.15) is 0 Å².